The fraction of sp³-hybridized carbons (Fsp3) is 0.333. The van der Waals surface area contributed by atoms with Gasteiger partial charge in [-0.3, -0.25) is 9.59 Å². The molecular formula is C24H29N5O2S. The smallest absolute Gasteiger partial charge is 0.252 e. The van der Waals surface area contributed by atoms with E-state index in [2.05, 4.69) is 20.8 Å². The second kappa shape index (κ2) is 10.5. The van der Waals surface area contributed by atoms with E-state index in [0.29, 0.717) is 23.1 Å². The summed E-state index contributed by atoms with van der Waals surface area (Å²) >= 11 is 1.33. The number of amides is 2. The van der Waals surface area contributed by atoms with Gasteiger partial charge in [-0.1, -0.05) is 36.0 Å². The van der Waals surface area contributed by atoms with Gasteiger partial charge in [-0.15, -0.1) is 10.2 Å². The number of carbonyl (C=O) groups excluding carboxylic acids is 2. The molecule has 2 amide bonds. The number of benzene rings is 2. The van der Waals surface area contributed by atoms with E-state index >= 15 is 0 Å². The van der Waals surface area contributed by atoms with Crippen molar-refractivity contribution in [2.75, 3.05) is 11.1 Å². The predicted molar refractivity (Wildman–Crippen MR) is 128 cm³/mol. The van der Waals surface area contributed by atoms with Crippen LogP contribution in [-0.2, 0) is 11.3 Å². The van der Waals surface area contributed by atoms with E-state index in [1.165, 1.54) is 17.3 Å². The van der Waals surface area contributed by atoms with E-state index in [1.54, 1.807) is 6.07 Å². The number of anilines is 1. The van der Waals surface area contributed by atoms with Gasteiger partial charge in [-0.25, -0.2) is 0 Å². The van der Waals surface area contributed by atoms with Crippen molar-refractivity contribution in [3.8, 4) is 0 Å². The summed E-state index contributed by atoms with van der Waals surface area (Å²) in [5, 5.41) is 15.1. The van der Waals surface area contributed by atoms with Gasteiger partial charge >= 0.3 is 0 Å². The Morgan fingerprint density at radius 2 is 1.78 bits per heavy atom. The summed E-state index contributed by atoms with van der Waals surface area (Å²) in [6.45, 7) is 10.5. The Morgan fingerprint density at radius 3 is 2.47 bits per heavy atom. The maximum Gasteiger partial charge on any atom is 0.252 e. The Balaban J connectivity index is 1.63. The van der Waals surface area contributed by atoms with Gasteiger partial charge in [-0.05, 0) is 69.5 Å². The fourth-order valence-corrected chi connectivity index (χ4v) is 4.15. The van der Waals surface area contributed by atoms with Crippen molar-refractivity contribution in [1.82, 2.24) is 20.1 Å². The van der Waals surface area contributed by atoms with E-state index < -0.39 is 0 Å². The number of hydrogen-bond acceptors (Lipinski definition) is 5. The van der Waals surface area contributed by atoms with E-state index in [4.69, 9.17) is 0 Å². The van der Waals surface area contributed by atoms with Crippen LogP contribution in [0.3, 0.4) is 0 Å². The van der Waals surface area contributed by atoms with Gasteiger partial charge in [0.15, 0.2) is 11.0 Å². The first-order chi connectivity index (χ1) is 15.3. The third kappa shape index (κ3) is 5.56. The lowest BCUT2D eigenvalue weighted by Crippen LogP contribution is -2.29. The zero-order valence-corrected chi connectivity index (χ0v) is 19.9. The number of nitrogens with one attached hydrogen (secondary N) is 2. The number of aryl methyl sites for hydroxylation is 3. The van der Waals surface area contributed by atoms with Crippen LogP contribution in [0.1, 0.15) is 52.8 Å². The SMILES string of the molecule is CCn1c(SCC(=O)Nc2ccc(C)c(C)c2)nnc1C(C)NC(=O)c1ccccc1C. The second-order valence-corrected chi connectivity index (χ2v) is 8.67. The van der Waals surface area contributed by atoms with Gasteiger partial charge in [0.25, 0.3) is 5.91 Å². The largest absolute Gasteiger partial charge is 0.342 e. The molecule has 0 aliphatic heterocycles. The number of aromatic nitrogens is 3. The highest BCUT2D eigenvalue weighted by Gasteiger charge is 2.20. The fourth-order valence-electron chi connectivity index (χ4n) is 3.34. The number of thioether (sulfide) groups is 1. The minimum atomic E-state index is -0.326. The number of rotatable bonds is 8. The molecule has 0 radical (unpaired) electrons. The molecule has 0 saturated carbocycles. The molecule has 0 aliphatic rings. The average molecular weight is 452 g/mol. The van der Waals surface area contributed by atoms with Crippen LogP contribution in [0, 0.1) is 20.8 Å². The summed E-state index contributed by atoms with van der Waals surface area (Å²) in [5.41, 5.74) is 4.65. The molecule has 1 atom stereocenters. The minimum absolute atomic E-state index is 0.105. The molecule has 2 aromatic carbocycles. The Bertz CT molecular complexity index is 1130. The molecular weight excluding hydrogens is 422 g/mol. The lowest BCUT2D eigenvalue weighted by Gasteiger charge is -2.16. The van der Waals surface area contributed by atoms with Crippen LogP contribution < -0.4 is 10.6 Å². The maximum atomic E-state index is 12.7. The number of hydrogen-bond donors (Lipinski definition) is 2. The van der Waals surface area contributed by atoms with Gasteiger partial charge < -0.3 is 15.2 Å². The highest BCUT2D eigenvalue weighted by Crippen LogP contribution is 2.22. The average Bonchev–Trinajstić information content (AvgIpc) is 3.18. The van der Waals surface area contributed by atoms with Gasteiger partial charge in [0, 0.05) is 17.8 Å². The molecule has 1 aromatic heterocycles. The summed E-state index contributed by atoms with van der Waals surface area (Å²) in [6, 6.07) is 13.0. The zero-order chi connectivity index (χ0) is 23.3. The Morgan fingerprint density at radius 1 is 1.03 bits per heavy atom. The summed E-state index contributed by atoms with van der Waals surface area (Å²) in [6.07, 6.45) is 0. The van der Waals surface area contributed by atoms with Crippen LogP contribution in [0.4, 0.5) is 5.69 Å². The quantitative estimate of drug-likeness (QED) is 0.494. The van der Waals surface area contributed by atoms with Gasteiger partial charge in [0.1, 0.15) is 0 Å². The molecule has 0 fully saturated rings. The molecule has 32 heavy (non-hydrogen) atoms. The Kier molecular flexibility index (Phi) is 7.69. The summed E-state index contributed by atoms with van der Waals surface area (Å²) in [5.74, 6) is 0.621. The van der Waals surface area contributed by atoms with Crippen LogP contribution >= 0.6 is 11.8 Å². The molecule has 3 aromatic rings. The molecule has 0 bridgehead atoms. The first-order valence-corrected chi connectivity index (χ1v) is 11.6. The van der Waals surface area contributed by atoms with E-state index in [1.807, 2.05) is 75.6 Å². The molecule has 8 heteroatoms. The number of carbonyl (C=O) groups is 2. The molecule has 7 nitrogen and oxygen atoms in total. The summed E-state index contributed by atoms with van der Waals surface area (Å²) in [7, 11) is 0. The molecule has 0 aliphatic carbocycles. The van der Waals surface area contributed by atoms with Crippen LogP contribution in [0.5, 0.6) is 0 Å². The second-order valence-electron chi connectivity index (χ2n) is 7.73. The first-order valence-electron chi connectivity index (χ1n) is 10.6. The monoisotopic (exact) mass is 451 g/mol. The predicted octanol–water partition coefficient (Wildman–Crippen LogP) is 4.45. The van der Waals surface area contributed by atoms with Crippen LogP contribution in [0.2, 0.25) is 0 Å². The van der Waals surface area contributed by atoms with Gasteiger partial charge in [0.2, 0.25) is 5.91 Å². The van der Waals surface area contributed by atoms with Crippen molar-refractivity contribution < 1.29 is 9.59 Å². The van der Waals surface area contributed by atoms with Crippen molar-refractivity contribution in [2.45, 2.75) is 52.4 Å². The zero-order valence-electron chi connectivity index (χ0n) is 19.1. The molecule has 2 N–H and O–H groups in total. The van der Waals surface area contributed by atoms with Crippen LogP contribution in [0.15, 0.2) is 47.6 Å². The van der Waals surface area contributed by atoms with Crippen LogP contribution in [-0.4, -0.2) is 32.3 Å². The topological polar surface area (TPSA) is 88.9 Å². The standard InChI is InChI=1S/C24H29N5O2S/c1-6-29-22(18(5)25-23(31)20-10-8-7-9-16(20)3)27-28-24(29)32-14-21(30)26-19-12-11-15(2)17(4)13-19/h7-13,18H,6,14H2,1-5H3,(H,25,31)(H,26,30). The maximum absolute atomic E-state index is 12.7. The lowest BCUT2D eigenvalue weighted by atomic mass is 10.1. The highest BCUT2D eigenvalue weighted by atomic mass is 32.2. The van der Waals surface area contributed by atoms with Crippen molar-refractivity contribution >= 4 is 29.3 Å². The van der Waals surface area contributed by atoms with E-state index in [0.717, 1.165) is 16.8 Å². The summed E-state index contributed by atoms with van der Waals surface area (Å²) < 4.78 is 1.93. The third-order valence-electron chi connectivity index (χ3n) is 5.31. The molecule has 0 saturated heterocycles. The van der Waals surface area contributed by atoms with Crippen molar-refractivity contribution in [2.24, 2.45) is 0 Å². The molecule has 3 rings (SSSR count). The van der Waals surface area contributed by atoms with Crippen molar-refractivity contribution in [3.63, 3.8) is 0 Å². The van der Waals surface area contributed by atoms with Crippen LogP contribution in [0.25, 0.3) is 0 Å². The minimum Gasteiger partial charge on any atom is -0.342 e. The highest BCUT2D eigenvalue weighted by molar-refractivity contribution is 7.99. The lowest BCUT2D eigenvalue weighted by molar-refractivity contribution is -0.113. The van der Waals surface area contributed by atoms with Gasteiger partial charge in [0.05, 0.1) is 11.8 Å². The normalized spacial score (nSPS) is 11.8. The Hall–Kier alpha value is -3.13. The van der Waals surface area contributed by atoms with Gasteiger partial charge in [-0.2, -0.15) is 0 Å². The van der Waals surface area contributed by atoms with Crippen molar-refractivity contribution in [3.05, 3.63) is 70.5 Å². The van der Waals surface area contributed by atoms with Crippen molar-refractivity contribution in [1.29, 1.82) is 0 Å². The molecule has 1 heterocycles. The first kappa shape index (κ1) is 23.5. The number of nitrogens with zero attached hydrogens (tertiary/aromatic N) is 3. The summed E-state index contributed by atoms with van der Waals surface area (Å²) in [4.78, 5) is 25.1. The Labute approximate surface area is 193 Å². The van der Waals surface area contributed by atoms with E-state index in [9.17, 15) is 9.59 Å². The molecule has 168 valence electrons. The third-order valence-corrected chi connectivity index (χ3v) is 6.28. The van der Waals surface area contributed by atoms with E-state index in [-0.39, 0.29) is 23.6 Å². The molecule has 0 spiro atoms. The molecule has 1 unspecified atom stereocenters.